The number of hydrogen-bond donors (Lipinski definition) is 0. The van der Waals surface area contributed by atoms with Crippen LogP contribution in [0.1, 0.15) is 34.3 Å². The van der Waals surface area contributed by atoms with E-state index >= 15 is 0 Å². The SMILES string of the molecule is O=C1CCCc2cn(Cc3ccc(Cl)c(Cl)c3)cc21. The number of nitrogens with zero attached hydrogens (tertiary/aromatic N) is 1. The molecule has 1 aliphatic rings. The van der Waals surface area contributed by atoms with Gasteiger partial charge in [-0.2, -0.15) is 0 Å². The molecule has 0 amide bonds. The van der Waals surface area contributed by atoms with Crippen LogP contribution in [0.4, 0.5) is 0 Å². The Bertz CT molecular complexity index is 646. The summed E-state index contributed by atoms with van der Waals surface area (Å²) in [6.45, 7) is 0.706. The number of hydrogen-bond acceptors (Lipinski definition) is 1. The average Bonchev–Trinajstić information content (AvgIpc) is 2.78. The van der Waals surface area contributed by atoms with Crippen molar-refractivity contribution in [1.82, 2.24) is 4.57 Å². The van der Waals surface area contributed by atoms with Gasteiger partial charge in [0.2, 0.25) is 0 Å². The Morgan fingerprint density at radius 1 is 1.11 bits per heavy atom. The van der Waals surface area contributed by atoms with E-state index in [2.05, 4.69) is 6.20 Å². The molecule has 0 N–H and O–H groups in total. The standard InChI is InChI=1S/C15H13Cl2NO/c16-13-5-4-10(6-14(13)17)7-18-8-11-2-1-3-15(19)12(11)9-18/h4-6,8-9H,1-3,7H2. The molecule has 4 heteroatoms. The van der Waals surface area contributed by atoms with Crippen LogP contribution in [-0.2, 0) is 13.0 Å². The lowest BCUT2D eigenvalue weighted by Gasteiger charge is -2.07. The maximum absolute atomic E-state index is 11.8. The fraction of sp³-hybridized carbons (Fsp3) is 0.267. The van der Waals surface area contributed by atoms with E-state index in [-0.39, 0.29) is 5.78 Å². The van der Waals surface area contributed by atoms with E-state index in [4.69, 9.17) is 23.2 Å². The van der Waals surface area contributed by atoms with Crippen molar-refractivity contribution in [3.05, 3.63) is 57.3 Å². The van der Waals surface area contributed by atoms with Crippen molar-refractivity contribution in [2.75, 3.05) is 0 Å². The Balaban J connectivity index is 1.87. The molecular weight excluding hydrogens is 281 g/mol. The minimum atomic E-state index is 0.258. The monoisotopic (exact) mass is 293 g/mol. The molecule has 0 aliphatic heterocycles. The van der Waals surface area contributed by atoms with Crippen molar-refractivity contribution >= 4 is 29.0 Å². The molecule has 0 fully saturated rings. The van der Waals surface area contributed by atoms with Gasteiger partial charge >= 0.3 is 0 Å². The molecule has 19 heavy (non-hydrogen) atoms. The number of rotatable bonds is 2. The molecule has 3 rings (SSSR count). The van der Waals surface area contributed by atoms with Crippen molar-refractivity contribution in [2.45, 2.75) is 25.8 Å². The van der Waals surface area contributed by atoms with Crippen molar-refractivity contribution in [1.29, 1.82) is 0 Å². The van der Waals surface area contributed by atoms with Crippen LogP contribution in [-0.4, -0.2) is 10.4 Å². The molecule has 2 nitrogen and oxygen atoms in total. The summed E-state index contributed by atoms with van der Waals surface area (Å²) in [5.41, 5.74) is 3.12. The summed E-state index contributed by atoms with van der Waals surface area (Å²) in [7, 11) is 0. The number of ketones is 1. The van der Waals surface area contributed by atoms with Gasteiger partial charge in [0, 0.05) is 30.9 Å². The fourth-order valence-corrected chi connectivity index (χ4v) is 2.84. The topological polar surface area (TPSA) is 22.0 Å². The summed E-state index contributed by atoms with van der Waals surface area (Å²) in [6.07, 6.45) is 6.64. The van der Waals surface area contributed by atoms with Crippen molar-refractivity contribution in [3.8, 4) is 0 Å². The summed E-state index contributed by atoms with van der Waals surface area (Å²) >= 11 is 11.9. The molecule has 1 aromatic carbocycles. The highest BCUT2D eigenvalue weighted by molar-refractivity contribution is 6.42. The zero-order chi connectivity index (χ0) is 13.4. The Labute approximate surface area is 121 Å². The maximum Gasteiger partial charge on any atom is 0.164 e. The predicted octanol–water partition coefficient (Wildman–Crippen LogP) is 4.36. The third-order valence-corrected chi connectivity index (χ3v) is 4.20. The number of halogens is 2. The average molecular weight is 294 g/mol. The van der Waals surface area contributed by atoms with Crippen molar-refractivity contribution in [2.24, 2.45) is 0 Å². The third-order valence-electron chi connectivity index (χ3n) is 3.46. The number of fused-ring (bicyclic) bond motifs is 1. The Hall–Kier alpha value is -1.25. The van der Waals surface area contributed by atoms with Crippen LogP contribution in [0.3, 0.4) is 0 Å². The van der Waals surface area contributed by atoms with E-state index in [1.54, 1.807) is 6.07 Å². The van der Waals surface area contributed by atoms with Gasteiger partial charge in [-0.05, 0) is 36.1 Å². The van der Waals surface area contributed by atoms with Gasteiger partial charge in [-0.15, -0.1) is 0 Å². The second kappa shape index (κ2) is 5.03. The minimum absolute atomic E-state index is 0.258. The van der Waals surface area contributed by atoms with Crippen LogP contribution in [0, 0.1) is 0 Å². The first kappa shape index (κ1) is 12.8. The fourth-order valence-electron chi connectivity index (χ4n) is 2.52. The zero-order valence-corrected chi connectivity index (χ0v) is 11.8. The Kier molecular flexibility index (Phi) is 3.38. The van der Waals surface area contributed by atoms with Crippen LogP contribution < -0.4 is 0 Å². The van der Waals surface area contributed by atoms with Crippen LogP contribution in [0.2, 0.25) is 10.0 Å². The smallest absolute Gasteiger partial charge is 0.164 e. The summed E-state index contributed by atoms with van der Waals surface area (Å²) in [5.74, 6) is 0.258. The summed E-state index contributed by atoms with van der Waals surface area (Å²) in [5, 5.41) is 1.12. The third kappa shape index (κ3) is 2.56. The minimum Gasteiger partial charge on any atom is -0.349 e. The van der Waals surface area contributed by atoms with Gasteiger partial charge in [-0.1, -0.05) is 29.3 Å². The van der Waals surface area contributed by atoms with Crippen LogP contribution >= 0.6 is 23.2 Å². The van der Waals surface area contributed by atoms with E-state index in [1.807, 2.05) is 22.9 Å². The first-order chi connectivity index (χ1) is 9.13. The highest BCUT2D eigenvalue weighted by atomic mass is 35.5. The molecule has 0 saturated carbocycles. The molecule has 1 heterocycles. The number of carbonyl (C=O) groups is 1. The van der Waals surface area contributed by atoms with Crippen molar-refractivity contribution in [3.63, 3.8) is 0 Å². The lowest BCUT2D eigenvalue weighted by atomic mass is 9.95. The number of Topliss-reactive ketones (excluding diaryl/α,β-unsaturated/α-hetero) is 1. The quantitative estimate of drug-likeness (QED) is 0.806. The molecule has 0 bridgehead atoms. The van der Waals surface area contributed by atoms with E-state index in [1.165, 1.54) is 0 Å². The number of aryl methyl sites for hydroxylation is 1. The zero-order valence-electron chi connectivity index (χ0n) is 10.3. The van der Waals surface area contributed by atoms with Crippen LogP contribution in [0.25, 0.3) is 0 Å². The van der Waals surface area contributed by atoms with Gasteiger partial charge in [0.1, 0.15) is 0 Å². The van der Waals surface area contributed by atoms with Gasteiger partial charge in [0.25, 0.3) is 0 Å². The molecular formula is C15H13Cl2NO. The van der Waals surface area contributed by atoms with Gasteiger partial charge < -0.3 is 4.57 Å². The Morgan fingerprint density at radius 2 is 1.95 bits per heavy atom. The number of aromatic nitrogens is 1. The first-order valence-electron chi connectivity index (χ1n) is 6.29. The molecule has 0 radical (unpaired) electrons. The van der Waals surface area contributed by atoms with E-state index < -0.39 is 0 Å². The normalized spacial score (nSPS) is 14.5. The van der Waals surface area contributed by atoms with Gasteiger partial charge in [-0.3, -0.25) is 4.79 Å². The van der Waals surface area contributed by atoms with E-state index in [0.717, 1.165) is 29.5 Å². The number of benzene rings is 1. The largest absolute Gasteiger partial charge is 0.349 e. The summed E-state index contributed by atoms with van der Waals surface area (Å²) < 4.78 is 2.05. The maximum atomic E-state index is 11.8. The molecule has 0 unspecified atom stereocenters. The lowest BCUT2D eigenvalue weighted by molar-refractivity contribution is 0.0973. The van der Waals surface area contributed by atoms with Crippen molar-refractivity contribution < 1.29 is 4.79 Å². The molecule has 98 valence electrons. The second-order valence-corrected chi connectivity index (χ2v) is 5.71. The highest BCUT2D eigenvalue weighted by Crippen LogP contribution is 2.25. The summed E-state index contributed by atoms with van der Waals surface area (Å²) in [4.78, 5) is 11.8. The molecule has 0 atom stereocenters. The van der Waals surface area contributed by atoms with E-state index in [9.17, 15) is 4.79 Å². The van der Waals surface area contributed by atoms with Crippen LogP contribution in [0.15, 0.2) is 30.6 Å². The Morgan fingerprint density at radius 3 is 2.68 bits per heavy atom. The van der Waals surface area contributed by atoms with Gasteiger partial charge in [0.05, 0.1) is 10.0 Å². The van der Waals surface area contributed by atoms with Crippen LogP contribution in [0.5, 0.6) is 0 Å². The van der Waals surface area contributed by atoms with Gasteiger partial charge in [-0.25, -0.2) is 0 Å². The predicted molar refractivity (Wildman–Crippen MR) is 77.3 cm³/mol. The molecule has 1 aromatic heterocycles. The highest BCUT2D eigenvalue weighted by Gasteiger charge is 2.19. The molecule has 0 saturated heterocycles. The number of carbonyl (C=O) groups excluding carboxylic acids is 1. The van der Waals surface area contributed by atoms with E-state index in [0.29, 0.717) is 23.0 Å². The summed E-state index contributed by atoms with van der Waals surface area (Å²) in [6, 6.07) is 5.62. The lowest BCUT2D eigenvalue weighted by Crippen LogP contribution is -2.07. The second-order valence-electron chi connectivity index (χ2n) is 4.89. The molecule has 2 aromatic rings. The molecule has 0 spiro atoms. The van der Waals surface area contributed by atoms with Gasteiger partial charge in [0.15, 0.2) is 5.78 Å². The molecule has 1 aliphatic carbocycles. The first-order valence-corrected chi connectivity index (χ1v) is 7.05.